The number of halogens is 1. The van der Waals surface area contributed by atoms with E-state index in [1.165, 1.54) is 0 Å². The summed E-state index contributed by atoms with van der Waals surface area (Å²) in [5.74, 6) is 6.98. The van der Waals surface area contributed by atoms with Crippen molar-refractivity contribution >= 4 is 17.3 Å². The number of rotatable bonds is 4. The van der Waals surface area contributed by atoms with Gasteiger partial charge >= 0.3 is 0 Å². The van der Waals surface area contributed by atoms with Crippen LogP contribution in [0, 0.1) is 11.8 Å². The molecule has 0 aliphatic heterocycles. The molecule has 86 valence electrons. The Kier molecular flexibility index (Phi) is 4.81. The molecule has 0 heterocycles. The summed E-state index contributed by atoms with van der Waals surface area (Å²) in [6.07, 6.45) is 0. The molecule has 0 aliphatic rings. The van der Waals surface area contributed by atoms with Crippen LogP contribution in [0.1, 0.15) is 6.92 Å². The molecule has 0 saturated heterocycles. The van der Waals surface area contributed by atoms with Crippen molar-refractivity contribution in [2.24, 2.45) is 0 Å². The van der Waals surface area contributed by atoms with Crippen molar-refractivity contribution in [3.8, 4) is 23.3 Å². The highest BCUT2D eigenvalue weighted by Crippen LogP contribution is 2.35. The molecule has 0 aliphatic carbocycles. The largest absolute Gasteiger partial charge is 0.495 e. The quantitative estimate of drug-likeness (QED) is 0.820. The van der Waals surface area contributed by atoms with Crippen LogP contribution in [0.25, 0.3) is 0 Å². The van der Waals surface area contributed by atoms with Crippen molar-refractivity contribution < 1.29 is 9.47 Å². The molecule has 0 spiro atoms. The minimum atomic E-state index is 0.537. The van der Waals surface area contributed by atoms with Gasteiger partial charge in [0.15, 0.2) is 0 Å². The predicted molar refractivity (Wildman–Crippen MR) is 66.5 cm³/mol. The Morgan fingerprint density at radius 1 is 1.25 bits per heavy atom. The van der Waals surface area contributed by atoms with Crippen LogP contribution in [0.15, 0.2) is 12.1 Å². The molecule has 0 saturated carbocycles. The molecule has 0 radical (unpaired) electrons. The standard InChI is InChI=1S/C12H14ClNO2/c1-4-5-6-14-10-7-9(13)11(15-2)8-12(10)16-3/h7-8,14H,6H2,1-3H3. The minimum absolute atomic E-state index is 0.537. The summed E-state index contributed by atoms with van der Waals surface area (Å²) in [5.41, 5.74) is 0.802. The zero-order chi connectivity index (χ0) is 12.0. The van der Waals surface area contributed by atoms with Crippen LogP contribution in [-0.2, 0) is 0 Å². The molecular weight excluding hydrogens is 226 g/mol. The number of benzene rings is 1. The van der Waals surface area contributed by atoms with Crippen LogP contribution < -0.4 is 14.8 Å². The first-order valence-electron chi connectivity index (χ1n) is 4.78. The van der Waals surface area contributed by atoms with Gasteiger partial charge in [-0.25, -0.2) is 0 Å². The molecule has 4 heteroatoms. The highest BCUT2D eigenvalue weighted by Gasteiger charge is 2.08. The molecule has 0 atom stereocenters. The third kappa shape index (κ3) is 2.98. The fourth-order valence-corrected chi connectivity index (χ4v) is 1.47. The van der Waals surface area contributed by atoms with Crippen molar-refractivity contribution in [2.75, 3.05) is 26.1 Å². The van der Waals surface area contributed by atoms with Gasteiger partial charge in [0.2, 0.25) is 0 Å². The fourth-order valence-electron chi connectivity index (χ4n) is 1.23. The number of hydrogen-bond acceptors (Lipinski definition) is 3. The third-order valence-electron chi connectivity index (χ3n) is 2.02. The van der Waals surface area contributed by atoms with Gasteiger partial charge < -0.3 is 14.8 Å². The Hall–Kier alpha value is -1.53. The second-order valence-electron chi connectivity index (χ2n) is 2.97. The Balaban J connectivity index is 2.96. The fraction of sp³-hybridized carbons (Fsp3) is 0.333. The average Bonchev–Trinajstić information content (AvgIpc) is 2.30. The number of nitrogens with one attached hydrogen (secondary N) is 1. The summed E-state index contributed by atoms with van der Waals surface area (Å²) in [6.45, 7) is 2.34. The lowest BCUT2D eigenvalue weighted by Gasteiger charge is -2.12. The van der Waals surface area contributed by atoms with Crippen molar-refractivity contribution in [3.05, 3.63) is 17.2 Å². The Morgan fingerprint density at radius 3 is 2.50 bits per heavy atom. The molecule has 0 unspecified atom stereocenters. The van der Waals surface area contributed by atoms with Gasteiger partial charge in [0, 0.05) is 6.07 Å². The van der Waals surface area contributed by atoms with Crippen molar-refractivity contribution in [1.29, 1.82) is 0 Å². The molecule has 0 fully saturated rings. The van der Waals surface area contributed by atoms with E-state index >= 15 is 0 Å². The average molecular weight is 240 g/mol. The third-order valence-corrected chi connectivity index (χ3v) is 2.31. The van der Waals surface area contributed by atoms with Gasteiger partial charge in [-0.3, -0.25) is 0 Å². The first-order chi connectivity index (χ1) is 7.72. The normalized spacial score (nSPS) is 9.00. The first-order valence-corrected chi connectivity index (χ1v) is 5.15. The van der Waals surface area contributed by atoms with Gasteiger partial charge in [-0.05, 0) is 13.0 Å². The van der Waals surface area contributed by atoms with Crippen LogP contribution in [0.2, 0.25) is 5.02 Å². The molecule has 0 amide bonds. The van der Waals surface area contributed by atoms with Crippen LogP contribution >= 0.6 is 11.6 Å². The van der Waals surface area contributed by atoms with E-state index in [4.69, 9.17) is 21.1 Å². The van der Waals surface area contributed by atoms with E-state index in [0.29, 0.717) is 23.1 Å². The number of methoxy groups -OCH3 is 2. The summed E-state index contributed by atoms with van der Waals surface area (Å²) in [7, 11) is 3.16. The highest BCUT2D eigenvalue weighted by atomic mass is 35.5. The lowest BCUT2D eigenvalue weighted by molar-refractivity contribution is 0.395. The van der Waals surface area contributed by atoms with Gasteiger partial charge in [0.05, 0.1) is 31.5 Å². The molecular formula is C12H14ClNO2. The molecule has 1 aromatic carbocycles. The van der Waals surface area contributed by atoms with Crippen LogP contribution in [-0.4, -0.2) is 20.8 Å². The lowest BCUT2D eigenvalue weighted by atomic mass is 10.2. The number of hydrogen-bond donors (Lipinski definition) is 1. The summed E-state index contributed by atoms with van der Waals surface area (Å²) >= 11 is 6.01. The van der Waals surface area contributed by atoms with E-state index in [2.05, 4.69) is 17.2 Å². The van der Waals surface area contributed by atoms with Crippen molar-refractivity contribution in [1.82, 2.24) is 0 Å². The van der Waals surface area contributed by atoms with E-state index in [9.17, 15) is 0 Å². The van der Waals surface area contributed by atoms with Crippen LogP contribution in [0.3, 0.4) is 0 Å². The second kappa shape index (κ2) is 6.14. The molecule has 3 nitrogen and oxygen atoms in total. The summed E-state index contributed by atoms with van der Waals surface area (Å²) in [4.78, 5) is 0. The molecule has 0 aromatic heterocycles. The van der Waals surface area contributed by atoms with Crippen molar-refractivity contribution in [3.63, 3.8) is 0 Å². The maximum absolute atomic E-state index is 6.01. The number of anilines is 1. The van der Waals surface area contributed by atoms with Crippen LogP contribution in [0.5, 0.6) is 11.5 Å². The van der Waals surface area contributed by atoms with Gasteiger partial charge in [0.25, 0.3) is 0 Å². The maximum atomic E-state index is 6.01. The maximum Gasteiger partial charge on any atom is 0.145 e. The monoisotopic (exact) mass is 239 g/mol. The molecule has 1 aromatic rings. The van der Waals surface area contributed by atoms with Gasteiger partial charge in [-0.2, -0.15) is 0 Å². The first kappa shape index (κ1) is 12.5. The zero-order valence-electron chi connectivity index (χ0n) is 9.56. The van der Waals surface area contributed by atoms with Gasteiger partial charge in [-0.15, -0.1) is 5.92 Å². The summed E-state index contributed by atoms with van der Waals surface area (Å²) in [6, 6.07) is 3.50. The minimum Gasteiger partial charge on any atom is -0.495 e. The number of ether oxygens (including phenoxy) is 2. The van der Waals surface area contributed by atoms with E-state index in [0.717, 1.165) is 5.69 Å². The van der Waals surface area contributed by atoms with Gasteiger partial charge in [-0.1, -0.05) is 17.5 Å². The summed E-state index contributed by atoms with van der Waals surface area (Å²) in [5, 5.41) is 3.66. The van der Waals surface area contributed by atoms with Crippen LogP contribution in [0.4, 0.5) is 5.69 Å². The molecule has 1 rings (SSSR count). The summed E-state index contributed by atoms with van der Waals surface area (Å²) < 4.78 is 10.3. The van der Waals surface area contributed by atoms with E-state index in [-0.39, 0.29) is 0 Å². The van der Waals surface area contributed by atoms with E-state index < -0.39 is 0 Å². The van der Waals surface area contributed by atoms with E-state index in [1.54, 1.807) is 33.3 Å². The topological polar surface area (TPSA) is 30.5 Å². The molecule has 1 N–H and O–H groups in total. The Labute approximate surface area is 101 Å². The highest BCUT2D eigenvalue weighted by molar-refractivity contribution is 6.32. The lowest BCUT2D eigenvalue weighted by Crippen LogP contribution is -2.01. The Bertz CT molecular complexity index is 421. The predicted octanol–water partition coefficient (Wildman–Crippen LogP) is 2.79. The van der Waals surface area contributed by atoms with Crippen molar-refractivity contribution in [2.45, 2.75) is 6.92 Å². The molecule has 16 heavy (non-hydrogen) atoms. The van der Waals surface area contributed by atoms with E-state index in [1.807, 2.05) is 0 Å². The zero-order valence-corrected chi connectivity index (χ0v) is 10.3. The van der Waals surface area contributed by atoms with Gasteiger partial charge in [0.1, 0.15) is 11.5 Å². The smallest absolute Gasteiger partial charge is 0.145 e. The molecule has 0 bridgehead atoms. The Morgan fingerprint density at radius 2 is 1.94 bits per heavy atom. The SMILES string of the molecule is CC#CCNc1cc(Cl)c(OC)cc1OC. The second-order valence-corrected chi connectivity index (χ2v) is 3.37.